The molecule has 0 spiro atoms. The van der Waals surface area contributed by atoms with E-state index in [1.165, 1.54) is 6.07 Å². The lowest BCUT2D eigenvalue weighted by atomic mass is 9.94. The SMILES string of the molecule is CN1C(=O)c2c(O)c(=O)ccn2N2C(c3ccccc3)CCCC12. The number of hydrogen-bond acceptors (Lipinski definition) is 4. The van der Waals surface area contributed by atoms with Crippen LogP contribution in [0.3, 0.4) is 0 Å². The van der Waals surface area contributed by atoms with Crippen molar-refractivity contribution in [2.24, 2.45) is 0 Å². The zero-order valence-electron chi connectivity index (χ0n) is 13.4. The molecule has 124 valence electrons. The summed E-state index contributed by atoms with van der Waals surface area (Å²) in [7, 11) is 1.73. The largest absolute Gasteiger partial charge is 0.502 e. The Morgan fingerprint density at radius 3 is 2.58 bits per heavy atom. The van der Waals surface area contributed by atoms with E-state index in [-0.39, 0.29) is 23.8 Å². The maximum Gasteiger partial charge on any atom is 0.277 e. The highest BCUT2D eigenvalue weighted by Crippen LogP contribution is 2.37. The van der Waals surface area contributed by atoms with Crippen LogP contribution in [-0.2, 0) is 0 Å². The second-order valence-corrected chi connectivity index (χ2v) is 6.36. The maximum atomic E-state index is 12.7. The number of amides is 1. The molecular weight excluding hydrogens is 306 g/mol. The van der Waals surface area contributed by atoms with Gasteiger partial charge in [0.1, 0.15) is 6.17 Å². The number of carbonyl (C=O) groups is 1. The fraction of sp³-hybridized carbons (Fsp3) is 0.333. The summed E-state index contributed by atoms with van der Waals surface area (Å²) in [4.78, 5) is 26.1. The van der Waals surface area contributed by atoms with Gasteiger partial charge in [-0.3, -0.25) is 19.3 Å². The standard InChI is InChI=1S/C18H19N3O3/c1-19-15-9-5-8-13(12-6-3-2-4-7-12)21(15)20-11-10-14(22)17(23)16(20)18(19)24/h2-4,6-7,10-11,13,15,23H,5,8-9H2,1H3. The molecular formula is C18H19N3O3. The third-order valence-electron chi connectivity index (χ3n) is 5.02. The van der Waals surface area contributed by atoms with E-state index in [2.05, 4.69) is 17.1 Å². The Kier molecular flexibility index (Phi) is 3.33. The van der Waals surface area contributed by atoms with Crippen LogP contribution in [0, 0.1) is 0 Å². The van der Waals surface area contributed by atoms with Gasteiger partial charge in [0.2, 0.25) is 5.43 Å². The summed E-state index contributed by atoms with van der Waals surface area (Å²) in [5.41, 5.74) is 0.674. The van der Waals surface area contributed by atoms with Gasteiger partial charge < -0.3 is 10.0 Å². The lowest BCUT2D eigenvalue weighted by Crippen LogP contribution is -2.62. The van der Waals surface area contributed by atoms with Crippen LogP contribution in [0.5, 0.6) is 5.75 Å². The summed E-state index contributed by atoms with van der Waals surface area (Å²) in [5, 5.41) is 12.3. The van der Waals surface area contributed by atoms with Crippen LogP contribution >= 0.6 is 0 Å². The van der Waals surface area contributed by atoms with E-state index in [0.29, 0.717) is 0 Å². The number of benzene rings is 1. The van der Waals surface area contributed by atoms with Gasteiger partial charge in [0.15, 0.2) is 11.4 Å². The molecule has 2 aliphatic rings. The molecule has 1 fully saturated rings. The molecule has 2 aromatic rings. The summed E-state index contributed by atoms with van der Waals surface area (Å²) >= 11 is 0. The van der Waals surface area contributed by atoms with E-state index in [4.69, 9.17) is 0 Å². The fourth-order valence-electron chi connectivity index (χ4n) is 3.84. The molecule has 4 rings (SSSR count). The van der Waals surface area contributed by atoms with Crippen molar-refractivity contribution in [3.05, 3.63) is 64.1 Å². The Balaban J connectivity index is 1.91. The van der Waals surface area contributed by atoms with Gasteiger partial charge in [0.05, 0.1) is 6.04 Å². The van der Waals surface area contributed by atoms with Crippen molar-refractivity contribution in [2.45, 2.75) is 31.5 Å². The Labute approximate surface area is 139 Å². The van der Waals surface area contributed by atoms with E-state index >= 15 is 0 Å². The zero-order chi connectivity index (χ0) is 16.8. The summed E-state index contributed by atoms with van der Waals surface area (Å²) in [6, 6.07) is 11.5. The van der Waals surface area contributed by atoms with Gasteiger partial charge in [-0.05, 0) is 24.8 Å². The van der Waals surface area contributed by atoms with Crippen molar-refractivity contribution in [1.82, 2.24) is 9.58 Å². The molecule has 1 saturated heterocycles. The smallest absolute Gasteiger partial charge is 0.277 e. The molecule has 2 atom stereocenters. The Bertz CT molecular complexity index is 846. The predicted octanol–water partition coefficient (Wildman–Crippen LogP) is 1.83. The molecule has 6 heteroatoms. The summed E-state index contributed by atoms with van der Waals surface area (Å²) in [6.07, 6.45) is 4.33. The van der Waals surface area contributed by atoms with E-state index in [9.17, 15) is 14.7 Å². The molecule has 0 bridgehead atoms. The molecule has 0 saturated carbocycles. The Hall–Kier alpha value is -2.76. The van der Waals surface area contributed by atoms with E-state index in [1.807, 2.05) is 18.2 Å². The minimum atomic E-state index is -0.533. The number of fused-ring (bicyclic) bond motifs is 3. The number of rotatable bonds is 1. The molecule has 1 amide bonds. The van der Waals surface area contributed by atoms with Crippen LogP contribution in [0.15, 0.2) is 47.4 Å². The highest BCUT2D eigenvalue weighted by atomic mass is 16.3. The number of nitrogens with zero attached hydrogens (tertiary/aromatic N) is 3. The van der Waals surface area contributed by atoms with Gasteiger partial charge in [0.25, 0.3) is 5.91 Å². The number of aromatic hydroxyl groups is 1. The van der Waals surface area contributed by atoms with Crippen LogP contribution in [0.2, 0.25) is 0 Å². The van der Waals surface area contributed by atoms with Gasteiger partial charge in [0, 0.05) is 19.3 Å². The van der Waals surface area contributed by atoms with Crippen molar-refractivity contribution in [3.8, 4) is 5.75 Å². The number of hydrogen-bond donors (Lipinski definition) is 1. The van der Waals surface area contributed by atoms with Crippen LogP contribution in [-0.4, -0.2) is 33.8 Å². The first-order valence-electron chi connectivity index (χ1n) is 8.15. The number of aromatic nitrogens is 1. The molecule has 6 nitrogen and oxygen atoms in total. The van der Waals surface area contributed by atoms with Gasteiger partial charge in [-0.1, -0.05) is 30.3 Å². The third-order valence-corrected chi connectivity index (χ3v) is 5.02. The first-order chi connectivity index (χ1) is 11.6. The number of carbonyl (C=O) groups excluding carboxylic acids is 1. The molecule has 3 heterocycles. The topological polar surface area (TPSA) is 65.8 Å². The van der Waals surface area contributed by atoms with Crippen molar-refractivity contribution >= 4 is 5.91 Å². The van der Waals surface area contributed by atoms with Crippen molar-refractivity contribution in [3.63, 3.8) is 0 Å². The molecule has 2 unspecified atom stereocenters. The van der Waals surface area contributed by atoms with Crippen LogP contribution in [0.1, 0.15) is 41.4 Å². The highest BCUT2D eigenvalue weighted by molar-refractivity contribution is 5.96. The minimum Gasteiger partial charge on any atom is -0.502 e. The van der Waals surface area contributed by atoms with Crippen molar-refractivity contribution in [2.75, 3.05) is 12.1 Å². The van der Waals surface area contributed by atoms with E-state index in [1.54, 1.807) is 22.8 Å². The van der Waals surface area contributed by atoms with Crippen LogP contribution in [0.4, 0.5) is 0 Å². The molecule has 1 N–H and O–H groups in total. The maximum absolute atomic E-state index is 12.7. The van der Waals surface area contributed by atoms with Gasteiger partial charge >= 0.3 is 0 Å². The first kappa shape index (κ1) is 14.8. The summed E-state index contributed by atoms with van der Waals surface area (Å²) in [6.45, 7) is 0. The number of pyridine rings is 1. The van der Waals surface area contributed by atoms with Gasteiger partial charge in [-0.15, -0.1) is 0 Å². The van der Waals surface area contributed by atoms with Gasteiger partial charge in [-0.25, -0.2) is 0 Å². The van der Waals surface area contributed by atoms with Crippen molar-refractivity contribution < 1.29 is 9.90 Å². The zero-order valence-corrected chi connectivity index (χ0v) is 13.4. The number of piperidine rings is 1. The molecule has 24 heavy (non-hydrogen) atoms. The fourth-order valence-corrected chi connectivity index (χ4v) is 3.84. The van der Waals surface area contributed by atoms with E-state index < -0.39 is 11.2 Å². The summed E-state index contributed by atoms with van der Waals surface area (Å²) < 4.78 is 1.67. The second kappa shape index (κ2) is 5.40. The van der Waals surface area contributed by atoms with Gasteiger partial charge in [-0.2, -0.15) is 0 Å². The lowest BCUT2D eigenvalue weighted by Gasteiger charge is -2.51. The van der Waals surface area contributed by atoms with Crippen molar-refractivity contribution in [1.29, 1.82) is 0 Å². The average Bonchev–Trinajstić information content (AvgIpc) is 2.62. The van der Waals surface area contributed by atoms with E-state index in [0.717, 1.165) is 24.8 Å². The predicted molar refractivity (Wildman–Crippen MR) is 89.5 cm³/mol. The monoisotopic (exact) mass is 325 g/mol. The molecule has 2 aliphatic heterocycles. The molecule has 1 aromatic heterocycles. The third kappa shape index (κ3) is 2.02. The second-order valence-electron chi connectivity index (χ2n) is 6.36. The van der Waals surface area contributed by atoms with Crippen LogP contribution in [0.25, 0.3) is 0 Å². The Morgan fingerprint density at radius 2 is 1.83 bits per heavy atom. The minimum absolute atomic E-state index is 0.0454. The average molecular weight is 325 g/mol. The normalized spacial score (nSPS) is 23.0. The summed E-state index contributed by atoms with van der Waals surface area (Å²) in [5.74, 6) is -0.801. The highest BCUT2D eigenvalue weighted by Gasteiger charge is 2.42. The molecule has 1 aromatic carbocycles. The molecule has 0 radical (unpaired) electrons. The first-order valence-corrected chi connectivity index (χ1v) is 8.15. The lowest BCUT2D eigenvalue weighted by molar-refractivity contribution is 0.0553. The Morgan fingerprint density at radius 1 is 1.08 bits per heavy atom. The van der Waals surface area contributed by atoms with Crippen LogP contribution < -0.4 is 10.4 Å². The quantitative estimate of drug-likeness (QED) is 0.869. The molecule has 0 aliphatic carbocycles.